The smallest absolute Gasteiger partial charge is 0.374 e. The van der Waals surface area contributed by atoms with E-state index < -0.39 is 18.2 Å². The van der Waals surface area contributed by atoms with Gasteiger partial charge >= 0.3 is 6.18 Å². The summed E-state index contributed by atoms with van der Waals surface area (Å²) in [5, 5.41) is 6.57. The van der Waals surface area contributed by atoms with Crippen molar-refractivity contribution in [3.05, 3.63) is 63.1 Å². The number of thioether (sulfide) groups is 1. The van der Waals surface area contributed by atoms with Gasteiger partial charge in [0.15, 0.2) is 0 Å². The molecule has 2 aromatic rings. The Kier molecular flexibility index (Phi) is 5.91. The van der Waals surface area contributed by atoms with E-state index in [9.17, 15) is 18.0 Å². The molecule has 2 aromatic carbocycles. The first-order valence-corrected chi connectivity index (χ1v) is 11.1. The molecule has 10 heteroatoms. The van der Waals surface area contributed by atoms with Crippen LogP contribution in [0.2, 0.25) is 10.0 Å². The number of nitrogens with zero attached hydrogens (tertiary/aromatic N) is 1. The molecule has 2 atom stereocenters. The highest BCUT2D eigenvalue weighted by atomic mass is 35.5. The van der Waals surface area contributed by atoms with Crippen LogP contribution >= 0.6 is 35.0 Å². The summed E-state index contributed by atoms with van der Waals surface area (Å²) in [5.74, 6) is -0.00260. The Morgan fingerprint density at radius 3 is 2.48 bits per heavy atom. The first kappa shape index (κ1) is 22.3. The minimum absolute atomic E-state index is 0.00260. The molecule has 0 aliphatic carbocycles. The molecule has 1 saturated heterocycles. The van der Waals surface area contributed by atoms with Crippen molar-refractivity contribution in [3.63, 3.8) is 0 Å². The number of halogens is 5. The Morgan fingerprint density at radius 2 is 1.90 bits per heavy atom. The first-order chi connectivity index (χ1) is 14.6. The maximum absolute atomic E-state index is 14.1. The number of carbonyl (C=O) groups is 1. The molecule has 0 radical (unpaired) electrons. The van der Waals surface area contributed by atoms with E-state index in [4.69, 9.17) is 28.0 Å². The lowest BCUT2D eigenvalue weighted by molar-refractivity contribution is -0.275. The maximum Gasteiger partial charge on any atom is 0.435 e. The van der Waals surface area contributed by atoms with Crippen molar-refractivity contribution in [3.8, 4) is 0 Å². The second-order valence-corrected chi connectivity index (χ2v) is 9.57. The summed E-state index contributed by atoms with van der Waals surface area (Å²) in [7, 11) is 0. The average molecular weight is 489 g/mol. The van der Waals surface area contributed by atoms with Crippen molar-refractivity contribution in [1.82, 2.24) is 5.32 Å². The van der Waals surface area contributed by atoms with Crippen molar-refractivity contribution in [2.45, 2.75) is 41.7 Å². The third kappa shape index (κ3) is 4.25. The molecule has 1 fully saturated rings. The van der Waals surface area contributed by atoms with Crippen molar-refractivity contribution in [2.24, 2.45) is 5.16 Å². The Hall–Kier alpha value is -1.90. The van der Waals surface area contributed by atoms with Crippen LogP contribution in [0.5, 0.6) is 0 Å². The summed E-state index contributed by atoms with van der Waals surface area (Å²) in [6.07, 6.45) is -4.52. The molecule has 0 saturated carbocycles. The van der Waals surface area contributed by atoms with Crippen molar-refractivity contribution in [1.29, 1.82) is 0 Å². The lowest BCUT2D eigenvalue weighted by Crippen LogP contribution is -2.42. The van der Waals surface area contributed by atoms with Crippen LogP contribution in [0.1, 0.15) is 29.5 Å². The van der Waals surface area contributed by atoms with Crippen molar-refractivity contribution < 1.29 is 22.8 Å². The Morgan fingerprint density at radius 1 is 1.19 bits per heavy atom. The van der Waals surface area contributed by atoms with Gasteiger partial charge in [-0.15, -0.1) is 11.8 Å². The van der Waals surface area contributed by atoms with E-state index in [1.807, 2.05) is 6.92 Å². The van der Waals surface area contributed by atoms with Crippen LogP contribution < -0.4 is 5.32 Å². The topological polar surface area (TPSA) is 50.7 Å². The summed E-state index contributed by atoms with van der Waals surface area (Å²) in [4.78, 5) is 17.8. The zero-order valence-corrected chi connectivity index (χ0v) is 18.6. The van der Waals surface area contributed by atoms with Crippen LogP contribution in [0.15, 0.2) is 46.4 Å². The van der Waals surface area contributed by atoms with E-state index in [1.165, 1.54) is 30.0 Å². The number of hydrogen-bond acceptors (Lipinski definition) is 4. The minimum atomic E-state index is -4.74. The van der Waals surface area contributed by atoms with Gasteiger partial charge in [-0.2, -0.15) is 13.2 Å². The first-order valence-electron chi connectivity index (χ1n) is 9.43. The number of rotatable bonds is 4. The molecule has 2 aliphatic rings. The molecule has 2 unspecified atom stereocenters. The molecule has 0 spiro atoms. The normalized spacial score (nSPS) is 23.5. The van der Waals surface area contributed by atoms with Gasteiger partial charge in [0, 0.05) is 33.5 Å². The number of benzene rings is 2. The van der Waals surface area contributed by atoms with Gasteiger partial charge in [0.1, 0.15) is 0 Å². The molecular weight excluding hydrogens is 472 g/mol. The molecule has 4 rings (SSSR count). The lowest BCUT2D eigenvalue weighted by atomic mass is 9.86. The van der Waals surface area contributed by atoms with Gasteiger partial charge in [0.05, 0.1) is 11.0 Å². The molecule has 2 aliphatic heterocycles. The molecule has 0 aromatic heterocycles. The Bertz CT molecular complexity index is 1060. The number of amides is 1. The fourth-order valence-corrected chi connectivity index (χ4v) is 5.29. The predicted octanol–water partition coefficient (Wildman–Crippen LogP) is 5.86. The highest BCUT2D eigenvalue weighted by molar-refractivity contribution is 8.00. The summed E-state index contributed by atoms with van der Waals surface area (Å²) in [5.41, 5.74) is -1.32. The van der Waals surface area contributed by atoms with Crippen molar-refractivity contribution >= 4 is 46.6 Å². The number of nitrogens with one attached hydrogen (secondary N) is 1. The van der Waals surface area contributed by atoms with Crippen LogP contribution in [0.3, 0.4) is 0 Å². The number of alkyl halides is 3. The molecule has 1 amide bonds. The van der Waals surface area contributed by atoms with Crippen LogP contribution in [-0.2, 0) is 15.2 Å². The molecular formula is C21H17Cl2F3N2O2S. The molecule has 164 valence electrons. The zero-order valence-electron chi connectivity index (χ0n) is 16.2. The third-order valence-electron chi connectivity index (χ3n) is 5.29. The van der Waals surface area contributed by atoms with Crippen LogP contribution in [-0.4, -0.2) is 29.6 Å². The SMILES string of the molecule is Cc1cc(C2=NOC(c3cc(Cl)cc(Cl)c3)(C(F)(F)F)C2)ccc1SC1CCNC1=O. The highest BCUT2D eigenvalue weighted by Gasteiger charge is 2.62. The van der Waals surface area contributed by atoms with Gasteiger partial charge in [-0.05, 0) is 54.8 Å². The third-order valence-corrected chi connectivity index (χ3v) is 7.17. The number of hydrogen-bond donors (Lipinski definition) is 1. The average Bonchev–Trinajstić information content (AvgIpc) is 3.30. The van der Waals surface area contributed by atoms with Gasteiger partial charge in [0.25, 0.3) is 5.60 Å². The predicted molar refractivity (Wildman–Crippen MR) is 115 cm³/mol. The van der Waals surface area contributed by atoms with Crippen LogP contribution in [0.4, 0.5) is 13.2 Å². The number of carbonyl (C=O) groups excluding carboxylic acids is 1. The second-order valence-electron chi connectivity index (χ2n) is 7.46. The Labute approximate surface area is 191 Å². The fourth-order valence-electron chi connectivity index (χ4n) is 3.64. The standard InChI is InChI=1S/C21H17Cl2F3N2O2S/c1-11-6-12(2-3-17(11)31-18-4-5-27-19(18)29)16-10-20(30-28-16,21(24,25)26)13-7-14(22)9-15(23)8-13/h2-3,6-9,18H,4-5,10H2,1H3,(H,27,29). The monoisotopic (exact) mass is 488 g/mol. The van der Waals surface area contributed by atoms with Gasteiger partial charge < -0.3 is 10.2 Å². The van der Waals surface area contributed by atoms with E-state index >= 15 is 0 Å². The van der Waals surface area contributed by atoms with Crippen LogP contribution in [0, 0.1) is 6.92 Å². The summed E-state index contributed by atoms with van der Waals surface area (Å²) in [6.45, 7) is 2.50. The Balaban J connectivity index is 1.61. The molecule has 0 bridgehead atoms. The number of aryl methyl sites for hydroxylation is 1. The lowest BCUT2D eigenvalue weighted by Gasteiger charge is -2.29. The minimum Gasteiger partial charge on any atom is -0.374 e. The van der Waals surface area contributed by atoms with Gasteiger partial charge in [-0.1, -0.05) is 34.4 Å². The molecule has 31 heavy (non-hydrogen) atoms. The zero-order chi connectivity index (χ0) is 22.4. The summed E-state index contributed by atoms with van der Waals surface area (Å²) < 4.78 is 42.4. The summed E-state index contributed by atoms with van der Waals surface area (Å²) in [6, 6.07) is 9.00. The highest BCUT2D eigenvalue weighted by Crippen LogP contribution is 2.49. The number of oxime groups is 1. The largest absolute Gasteiger partial charge is 0.435 e. The van der Waals surface area contributed by atoms with E-state index in [-0.39, 0.29) is 32.5 Å². The van der Waals surface area contributed by atoms with E-state index in [1.54, 1.807) is 18.2 Å². The summed E-state index contributed by atoms with van der Waals surface area (Å²) >= 11 is 13.3. The molecule has 2 heterocycles. The van der Waals surface area contributed by atoms with Gasteiger partial charge in [-0.25, -0.2) is 0 Å². The van der Waals surface area contributed by atoms with Gasteiger partial charge in [0.2, 0.25) is 5.91 Å². The van der Waals surface area contributed by atoms with Crippen LogP contribution in [0.25, 0.3) is 0 Å². The quantitative estimate of drug-likeness (QED) is 0.585. The molecule has 1 N–H and O–H groups in total. The maximum atomic E-state index is 14.1. The van der Waals surface area contributed by atoms with E-state index in [2.05, 4.69) is 10.5 Å². The second kappa shape index (κ2) is 8.22. The fraction of sp³-hybridized carbons (Fsp3) is 0.333. The van der Waals surface area contributed by atoms with E-state index in [0.717, 1.165) is 16.9 Å². The van der Waals surface area contributed by atoms with E-state index in [0.29, 0.717) is 12.1 Å². The molecule has 4 nitrogen and oxygen atoms in total. The van der Waals surface area contributed by atoms with Crippen molar-refractivity contribution in [2.75, 3.05) is 6.54 Å². The van der Waals surface area contributed by atoms with Gasteiger partial charge in [-0.3, -0.25) is 4.79 Å².